The Morgan fingerprint density at radius 1 is 1.03 bits per heavy atom. The predicted molar refractivity (Wildman–Crippen MR) is 116 cm³/mol. The number of ketones is 1. The van der Waals surface area contributed by atoms with Gasteiger partial charge in [0, 0.05) is 32.6 Å². The minimum Gasteiger partial charge on any atom is -0.493 e. The van der Waals surface area contributed by atoms with Crippen molar-refractivity contribution in [3.05, 3.63) is 40.7 Å². The molecule has 1 aliphatic heterocycles. The third-order valence-electron chi connectivity index (χ3n) is 6.28. The van der Waals surface area contributed by atoms with Crippen LogP contribution >= 0.6 is 0 Å². The van der Waals surface area contributed by atoms with Crippen molar-refractivity contribution in [1.29, 1.82) is 0 Å². The average Bonchev–Trinajstić information content (AvgIpc) is 2.78. The van der Waals surface area contributed by atoms with Gasteiger partial charge in [-0.05, 0) is 43.5 Å². The molecule has 1 atom stereocenters. The molecule has 4 rings (SSSR count). The molecule has 2 aromatic rings. The van der Waals surface area contributed by atoms with Gasteiger partial charge >= 0.3 is 0 Å². The summed E-state index contributed by atoms with van der Waals surface area (Å²) in [6.07, 6.45) is 1.18. The zero-order valence-corrected chi connectivity index (χ0v) is 18.3. The Bertz CT molecular complexity index is 938. The molecule has 1 aromatic heterocycles. The van der Waals surface area contributed by atoms with Gasteiger partial charge in [-0.2, -0.15) is 0 Å². The van der Waals surface area contributed by atoms with Gasteiger partial charge in [0.05, 0.1) is 31.2 Å². The summed E-state index contributed by atoms with van der Waals surface area (Å²) in [5.41, 5.74) is 3.44. The van der Waals surface area contributed by atoms with Crippen molar-refractivity contribution < 1.29 is 14.3 Å². The summed E-state index contributed by atoms with van der Waals surface area (Å²) >= 11 is 0. The minimum atomic E-state index is 0.0731. The van der Waals surface area contributed by atoms with E-state index in [2.05, 4.69) is 16.7 Å². The van der Waals surface area contributed by atoms with Crippen molar-refractivity contribution in [3.63, 3.8) is 0 Å². The summed E-state index contributed by atoms with van der Waals surface area (Å²) in [7, 11) is 3.25. The highest BCUT2D eigenvalue weighted by Crippen LogP contribution is 2.37. The number of benzene rings is 1. The topological polar surface area (TPSA) is 67.8 Å². The molecule has 0 amide bonds. The van der Waals surface area contributed by atoms with Crippen LogP contribution in [0.5, 0.6) is 11.5 Å². The Morgan fingerprint density at radius 2 is 1.77 bits per heavy atom. The highest BCUT2D eigenvalue weighted by molar-refractivity contribution is 5.99. The van der Waals surface area contributed by atoms with E-state index in [1.54, 1.807) is 14.2 Å². The fourth-order valence-corrected chi connectivity index (χ4v) is 4.51. The van der Waals surface area contributed by atoms with Crippen LogP contribution in [0.4, 0.5) is 5.95 Å². The highest BCUT2D eigenvalue weighted by Gasteiger charge is 2.31. The van der Waals surface area contributed by atoms with Gasteiger partial charge in [-0.15, -0.1) is 0 Å². The van der Waals surface area contributed by atoms with Gasteiger partial charge in [-0.25, -0.2) is 9.97 Å². The quantitative estimate of drug-likeness (QED) is 0.751. The number of hydrogen-bond donors (Lipinski definition) is 0. The number of aryl methyl sites for hydroxylation is 1. The summed E-state index contributed by atoms with van der Waals surface area (Å²) in [4.78, 5) is 27.2. The summed E-state index contributed by atoms with van der Waals surface area (Å²) in [6, 6.07) is 5.89. The molecule has 7 heteroatoms. The molecule has 0 N–H and O–H groups in total. The maximum absolute atomic E-state index is 13.0. The maximum Gasteiger partial charge on any atom is 0.225 e. The van der Waals surface area contributed by atoms with Gasteiger partial charge in [0.15, 0.2) is 17.3 Å². The lowest BCUT2D eigenvalue weighted by molar-refractivity contribution is 0.0962. The third-order valence-corrected chi connectivity index (χ3v) is 6.28. The summed E-state index contributed by atoms with van der Waals surface area (Å²) in [6.45, 7) is 9.06. The Labute approximate surface area is 178 Å². The van der Waals surface area contributed by atoms with Crippen LogP contribution < -0.4 is 14.4 Å². The van der Waals surface area contributed by atoms with Crippen LogP contribution in [-0.4, -0.2) is 67.6 Å². The predicted octanol–water partition coefficient (Wildman–Crippen LogP) is 2.86. The molecule has 0 saturated carbocycles. The van der Waals surface area contributed by atoms with Crippen LogP contribution in [0, 0.1) is 6.92 Å². The van der Waals surface area contributed by atoms with Gasteiger partial charge in [0.1, 0.15) is 0 Å². The number of anilines is 1. The zero-order valence-electron chi connectivity index (χ0n) is 18.3. The minimum absolute atomic E-state index is 0.0731. The van der Waals surface area contributed by atoms with Crippen LogP contribution in [0.3, 0.4) is 0 Å². The molecule has 0 unspecified atom stereocenters. The smallest absolute Gasteiger partial charge is 0.225 e. The first kappa shape index (κ1) is 20.6. The number of nitrogens with zero attached hydrogens (tertiary/aromatic N) is 4. The second-order valence-electron chi connectivity index (χ2n) is 7.99. The molecular formula is C23H30N4O3. The molecule has 0 spiro atoms. The van der Waals surface area contributed by atoms with Crippen molar-refractivity contribution in [3.8, 4) is 11.5 Å². The number of fused-ring (bicyclic) bond motifs is 1. The molecule has 1 saturated heterocycles. The molecule has 1 fully saturated rings. The highest BCUT2D eigenvalue weighted by atomic mass is 16.5. The lowest BCUT2D eigenvalue weighted by Gasteiger charge is -2.35. The number of methoxy groups -OCH3 is 2. The van der Waals surface area contributed by atoms with Crippen molar-refractivity contribution in [1.82, 2.24) is 14.9 Å². The monoisotopic (exact) mass is 410 g/mol. The number of piperazine rings is 1. The fourth-order valence-electron chi connectivity index (χ4n) is 4.51. The molecule has 0 bridgehead atoms. The number of ether oxygens (including phenoxy) is 2. The molecule has 0 radical (unpaired) electrons. The second-order valence-corrected chi connectivity index (χ2v) is 7.99. The lowest BCUT2D eigenvalue weighted by atomic mass is 9.81. The standard InChI is InChI=1S/C23H30N4O3/c1-5-26-8-10-27(11-9-26)23-24-15(2)22-18(25-23)12-17(13-19(22)28)16-6-7-20(29-3)21(14-16)30-4/h6-7,14,17H,5,8-13H2,1-4H3/t17-/m1/s1. The molecule has 1 aromatic carbocycles. The van der Waals surface area contributed by atoms with E-state index < -0.39 is 0 Å². The van der Waals surface area contributed by atoms with Gasteiger partial charge in [-0.3, -0.25) is 4.79 Å². The zero-order chi connectivity index (χ0) is 21.3. The van der Waals surface area contributed by atoms with E-state index in [1.807, 2.05) is 25.1 Å². The van der Waals surface area contributed by atoms with E-state index in [0.717, 1.165) is 62.0 Å². The van der Waals surface area contributed by atoms with Crippen molar-refractivity contribution in [2.75, 3.05) is 51.8 Å². The van der Waals surface area contributed by atoms with E-state index >= 15 is 0 Å². The summed E-state index contributed by atoms with van der Waals surface area (Å²) in [5.74, 6) is 2.32. The van der Waals surface area contributed by atoms with E-state index in [0.29, 0.717) is 23.5 Å². The second kappa shape index (κ2) is 8.60. The van der Waals surface area contributed by atoms with Crippen molar-refractivity contribution in [2.24, 2.45) is 0 Å². The Morgan fingerprint density at radius 3 is 2.43 bits per heavy atom. The van der Waals surface area contributed by atoms with Crippen LogP contribution in [0.1, 0.15) is 46.6 Å². The Kier molecular flexibility index (Phi) is 5.90. The van der Waals surface area contributed by atoms with Crippen molar-refractivity contribution in [2.45, 2.75) is 32.6 Å². The van der Waals surface area contributed by atoms with Gasteiger partial charge in [0.2, 0.25) is 5.95 Å². The number of carbonyl (C=O) groups excluding carboxylic acids is 1. The number of carbonyl (C=O) groups is 1. The van der Waals surface area contributed by atoms with Crippen LogP contribution in [0.2, 0.25) is 0 Å². The van der Waals surface area contributed by atoms with Crippen LogP contribution in [0.15, 0.2) is 18.2 Å². The molecule has 2 heterocycles. The Hall–Kier alpha value is -2.67. The molecule has 2 aliphatic rings. The average molecular weight is 411 g/mol. The molecule has 1 aliphatic carbocycles. The Balaban J connectivity index is 1.62. The fraction of sp³-hybridized carbons (Fsp3) is 0.522. The number of aromatic nitrogens is 2. The van der Waals surface area contributed by atoms with Crippen molar-refractivity contribution >= 4 is 11.7 Å². The molecule has 30 heavy (non-hydrogen) atoms. The summed E-state index contributed by atoms with van der Waals surface area (Å²) in [5, 5.41) is 0. The first-order valence-corrected chi connectivity index (χ1v) is 10.6. The first-order valence-electron chi connectivity index (χ1n) is 10.6. The third kappa shape index (κ3) is 3.86. The number of rotatable bonds is 5. The van der Waals surface area contributed by atoms with E-state index in [4.69, 9.17) is 19.4 Å². The lowest BCUT2D eigenvalue weighted by Crippen LogP contribution is -2.47. The normalized spacial score (nSPS) is 19.5. The van der Waals surface area contributed by atoms with Gasteiger partial charge < -0.3 is 19.3 Å². The summed E-state index contributed by atoms with van der Waals surface area (Å²) < 4.78 is 10.8. The number of Topliss-reactive ketones (excluding diaryl/α,β-unsaturated/α-hetero) is 1. The SMILES string of the molecule is CCN1CCN(c2nc(C)c3c(n2)C[C@@H](c2ccc(OC)c(OC)c2)CC3=O)CC1. The first-order chi connectivity index (χ1) is 14.5. The largest absolute Gasteiger partial charge is 0.493 e. The van der Waals surface area contributed by atoms with E-state index in [-0.39, 0.29) is 11.7 Å². The van der Waals surface area contributed by atoms with E-state index in [1.165, 1.54) is 0 Å². The number of likely N-dealkylation sites (N-methyl/N-ethyl adjacent to an activating group) is 1. The molecule has 160 valence electrons. The maximum atomic E-state index is 13.0. The molecular weight excluding hydrogens is 380 g/mol. The van der Waals surface area contributed by atoms with Gasteiger partial charge in [0.25, 0.3) is 0 Å². The van der Waals surface area contributed by atoms with Gasteiger partial charge in [-0.1, -0.05) is 13.0 Å². The number of hydrogen-bond acceptors (Lipinski definition) is 7. The van der Waals surface area contributed by atoms with Crippen LogP contribution in [-0.2, 0) is 6.42 Å². The van der Waals surface area contributed by atoms with E-state index in [9.17, 15) is 4.79 Å². The molecule has 7 nitrogen and oxygen atoms in total. The van der Waals surface area contributed by atoms with Crippen LogP contribution in [0.25, 0.3) is 0 Å².